The summed E-state index contributed by atoms with van der Waals surface area (Å²) in [5.41, 5.74) is 8.97. The SMILES string of the molecule is CCOC(=O)c1c(N)n(CCOC(=O)c2cccc(Br)c2)c2nc3ccccc3nc12. The predicted octanol–water partition coefficient (Wildman–Crippen LogP) is 3.96. The maximum Gasteiger partial charge on any atom is 0.344 e. The van der Waals surface area contributed by atoms with Gasteiger partial charge >= 0.3 is 11.9 Å². The molecular formula is C22H19BrN4O4. The van der Waals surface area contributed by atoms with Crippen molar-refractivity contribution in [3.05, 3.63) is 64.1 Å². The minimum atomic E-state index is -0.570. The van der Waals surface area contributed by atoms with E-state index in [1.165, 1.54) is 0 Å². The zero-order valence-electron chi connectivity index (χ0n) is 16.7. The van der Waals surface area contributed by atoms with Crippen LogP contribution in [0.4, 0.5) is 5.82 Å². The standard InChI is InChI=1S/C22H19BrN4O4/c1-2-30-22(29)17-18-20(26-16-9-4-3-8-15(16)25-18)27(19(17)24)10-11-31-21(28)13-6-5-7-14(23)12-13/h3-9,12H,2,10-11,24H2,1H3. The van der Waals surface area contributed by atoms with Crippen molar-refractivity contribution in [1.29, 1.82) is 0 Å². The first kappa shape index (κ1) is 20.8. The van der Waals surface area contributed by atoms with Crippen LogP contribution in [0.15, 0.2) is 53.0 Å². The van der Waals surface area contributed by atoms with E-state index in [2.05, 4.69) is 25.9 Å². The van der Waals surface area contributed by atoms with Crippen LogP contribution in [0.25, 0.3) is 22.2 Å². The van der Waals surface area contributed by atoms with E-state index in [0.29, 0.717) is 27.8 Å². The highest BCUT2D eigenvalue weighted by molar-refractivity contribution is 9.10. The van der Waals surface area contributed by atoms with Crippen molar-refractivity contribution in [1.82, 2.24) is 14.5 Å². The van der Waals surface area contributed by atoms with Crippen LogP contribution in [0.1, 0.15) is 27.6 Å². The maximum atomic E-state index is 12.6. The van der Waals surface area contributed by atoms with Crippen LogP contribution < -0.4 is 5.73 Å². The molecule has 0 amide bonds. The van der Waals surface area contributed by atoms with Crippen LogP contribution in [-0.2, 0) is 16.0 Å². The first-order chi connectivity index (χ1) is 15.0. The molecule has 0 radical (unpaired) electrons. The van der Waals surface area contributed by atoms with Crippen LogP contribution in [0.2, 0.25) is 0 Å². The third-order valence-corrected chi connectivity index (χ3v) is 5.17. The Morgan fingerprint density at radius 2 is 1.77 bits per heavy atom. The molecule has 8 nitrogen and oxygen atoms in total. The Labute approximate surface area is 186 Å². The lowest BCUT2D eigenvalue weighted by Crippen LogP contribution is -2.14. The van der Waals surface area contributed by atoms with Gasteiger partial charge in [0.25, 0.3) is 0 Å². The van der Waals surface area contributed by atoms with Gasteiger partial charge in [-0.2, -0.15) is 0 Å². The summed E-state index contributed by atoms with van der Waals surface area (Å²) in [6.45, 7) is 2.16. The average molecular weight is 483 g/mol. The van der Waals surface area contributed by atoms with Gasteiger partial charge in [-0.05, 0) is 37.3 Å². The van der Waals surface area contributed by atoms with Crippen molar-refractivity contribution in [2.75, 3.05) is 18.9 Å². The van der Waals surface area contributed by atoms with Crippen molar-refractivity contribution in [2.45, 2.75) is 13.5 Å². The number of nitrogen functional groups attached to an aromatic ring is 1. The number of aromatic nitrogens is 3. The number of anilines is 1. The Bertz CT molecular complexity index is 1300. The molecule has 0 bridgehead atoms. The van der Waals surface area contributed by atoms with Gasteiger partial charge in [0.2, 0.25) is 0 Å². The zero-order chi connectivity index (χ0) is 22.0. The van der Waals surface area contributed by atoms with Gasteiger partial charge in [-0.1, -0.05) is 34.1 Å². The number of para-hydroxylation sites is 2. The zero-order valence-corrected chi connectivity index (χ0v) is 18.3. The molecule has 0 saturated carbocycles. The first-order valence-electron chi connectivity index (χ1n) is 9.64. The molecule has 2 aromatic carbocycles. The number of fused-ring (bicyclic) bond motifs is 2. The fraction of sp³-hybridized carbons (Fsp3) is 0.182. The monoisotopic (exact) mass is 482 g/mol. The topological polar surface area (TPSA) is 109 Å². The lowest BCUT2D eigenvalue weighted by Gasteiger charge is -2.09. The third-order valence-electron chi connectivity index (χ3n) is 4.68. The van der Waals surface area contributed by atoms with E-state index < -0.39 is 11.9 Å². The molecule has 0 aliphatic rings. The van der Waals surface area contributed by atoms with E-state index in [-0.39, 0.29) is 31.1 Å². The van der Waals surface area contributed by atoms with Crippen molar-refractivity contribution >= 4 is 55.9 Å². The highest BCUT2D eigenvalue weighted by atomic mass is 79.9. The summed E-state index contributed by atoms with van der Waals surface area (Å²) in [6.07, 6.45) is 0. The van der Waals surface area contributed by atoms with Crippen molar-refractivity contribution in [3.8, 4) is 0 Å². The van der Waals surface area contributed by atoms with E-state index in [9.17, 15) is 9.59 Å². The molecule has 0 aliphatic heterocycles. The quantitative estimate of drug-likeness (QED) is 0.414. The summed E-state index contributed by atoms with van der Waals surface area (Å²) in [5.74, 6) is -0.861. The fourth-order valence-electron chi connectivity index (χ4n) is 3.28. The highest BCUT2D eigenvalue weighted by Gasteiger charge is 2.25. The number of rotatable bonds is 6. The summed E-state index contributed by atoms with van der Waals surface area (Å²) >= 11 is 3.33. The van der Waals surface area contributed by atoms with Crippen LogP contribution in [-0.4, -0.2) is 39.7 Å². The second kappa shape index (κ2) is 8.73. The lowest BCUT2D eigenvalue weighted by atomic mass is 10.2. The summed E-state index contributed by atoms with van der Waals surface area (Å²) in [7, 11) is 0. The molecule has 0 saturated heterocycles. The number of nitrogens with two attached hydrogens (primary N) is 1. The van der Waals surface area contributed by atoms with Gasteiger partial charge < -0.3 is 19.8 Å². The number of benzene rings is 2. The van der Waals surface area contributed by atoms with Crippen LogP contribution in [0.3, 0.4) is 0 Å². The maximum absolute atomic E-state index is 12.6. The third kappa shape index (κ3) is 4.09. The van der Waals surface area contributed by atoms with Crippen LogP contribution in [0.5, 0.6) is 0 Å². The summed E-state index contributed by atoms with van der Waals surface area (Å²) < 4.78 is 13.0. The van der Waals surface area contributed by atoms with E-state index in [0.717, 1.165) is 4.47 Å². The second-order valence-corrected chi connectivity index (χ2v) is 7.58. The molecule has 2 aromatic heterocycles. The number of carbonyl (C=O) groups excluding carboxylic acids is 2. The Morgan fingerprint density at radius 3 is 2.48 bits per heavy atom. The summed E-state index contributed by atoms with van der Waals surface area (Å²) in [6, 6.07) is 14.3. The molecule has 4 rings (SSSR count). The molecule has 9 heteroatoms. The number of hydrogen-bond donors (Lipinski definition) is 1. The predicted molar refractivity (Wildman–Crippen MR) is 120 cm³/mol. The van der Waals surface area contributed by atoms with Gasteiger partial charge in [0, 0.05) is 4.47 Å². The molecule has 2 N–H and O–H groups in total. The minimum absolute atomic E-state index is 0.0378. The van der Waals surface area contributed by atoms with Crippen molar-refractivity contribution in [2.24, 2.45) is 0 Å². The largest absolute Gasteiger partial charge is 0.462 e. The summed E-state index contributed by atoms with van der Waals surface area (Å²) in [5, 5.41) is 0. The van der Waals surface area contributed by atoms with Crippen LogP contribution in [0, 0.1) is 0 Å². The van der Waals surface area contributed by atoms with E-state index in [1.54, 1.807) is 29.7 Å². The number of ether oxygens (including phenoxy) is 2. The Kier molecular flexibility index (Phi) is 5.85. The Balaban J connectivity index is 1.67. The highest BCUT2D eigenvalue weighted by Crippen LogP contribution is 2.28. The first-order valence-corrected chi connectivity index (χ1v) is 10.4. The molecule has 2 heterocycles. The van der Waals surface area contributed by atoms with Crippen molar-refractivity contribution in [3.63, 3.8) is 0 Å². The van der Waals surface area contributed by atoms with Gasteiger partial charge in [-0.25, -0.2) is 19.6 Å². The molecular weight excluding hydrogens is 464 g/mol. The molecule has 31 heavy (non-hydrogen) atoms. The molecule has 0 fully saturated rings. The molecule has 0 unspecified atom stereocenters. The molecule has 158 valence electrons. The molecule has 0 aliphatic carbocycles. The molecule has 4 aromatic rings. The second-order valence-electron chi connectivity index (χ2n) is 6.66. The number of nitrogens with zero attached hydrogens (tertiary/aromatic N) is 3. The van der Waals surface area contributed by atoms with Gasteiger partial charge in [-0.3, -0.25) is 0 Å². The van der Waals surface area contributed by atoms with Gasteiger partial charge in [0.05, 0.1) is 29.7 Å². The normalized spacial score (nSPS) is 11.0. The minimum Gasteiger partial charge on any atom is -0.462 e. The van der Waals surface area contributed by atoms with E-state index in [1.807, 2.05) is 30.3 Å². The van der Waals surface area contributed by atoms with E-state index >= 15 is 0 Å². The van der Waals surface area contributed by atoms with Crippen LogP contribution >= 0.6 is 15.9 Å². The molecule has 0 atom stereocenters. The summed E-state index contributed by atoms with van der Waals surface area (Å²) in [4.78, 5) is 34.1. The Hall–Kier alpha value is -3.46. The van der Waals surface area contributed by atoms with Gasteiger partial charge in [0.15, 0.2) is 5.65 Å². The molecule has 0 spiro atoms. The number of hydrogen-bond acceptors (Lipinski definition) is 7. The van der Waals surface area contributed by atoms with Gasteiger partial charge in [-0.15, -0.1) is 0 Å². The number of esters is 2. The lowest BCUT2D eigenvalue weighted by molar-refractivity contribution is 0.0488. The fourth-order valence-corrected chi connectivity index (χ4v) is 3.68. The number of carbonyl (C=O) groups is 2. The number of halogens is 1. The van der Waals surface area contributed by atoms with Gasteiger partial charge in [0.1, 0.15) is 23.5 Å². The average Bonchev–Trinajstić information content (AvgIpc) is 3.02. The van der Waals surface area contributed by atoms with E-state index in [4.69, 9.17) is 15.2 Å². The van der Waals surface area contributed by atoms with Crippen molar-refractivity contribution < 1.29 is 19.1 Å². The smallest absolute Gasteiger partial charge is 0.344 e. The Morgan fingerprint density at radius 1 is 1.03 bits per heavy atom.